The molecule has 2 nitrogen and oxygen atoms in total. The molecular formula is C18H38N2. The van der Waals surface area contributed by atoms with Gasteiger partial charge in [-0.25, -0.2) is 0 Å². The molecule has 1 fully saturated rings. The molecule has 1 N–H and O–H groups in total. The summed E-state index contributed by atoms with van der Waals surface area (Å²) in [6.07, 6.45) is 6.80. The maximum Gasteiger partial charge on any atom is 0.0156 e. The fourth-order valence-electron chi connectivity index (χ4n) is 4.18. The van der Waals surface area contributed by atoms with Gasteiger partial charge in [0, 0.05) is 19.1 Å². The van der Waals surface area contributed by atoms with Crippen LogP contribution in [0.25, 0.3) is 0 Å². The Morgan fingerprint density at radius 2 is 1.85 bits per heavy atom. The smallest absolute Gasteiger partial charge is 0.0156 e. The zero-order valence-corrected chi connectivity index (χ0v) is 14.8. The first-order valence-electron chi connectivity index (χ1n) is 8.88. The average molecular weight is 283 g/mol. The van der Waals surface area contributed by atoms with Crippen molar-refractivity contribution in [3.05, 3.63) is 0 Å². The second-order valence-corrected chi connectivity index (χ2v) is 7.44. The lowest BCUT2D eigenvalue weighted by molar-refractivity contribution is 0.0793. The molecule has 1 rings (SSSR count). The van der Waals surface area contributed by atoms with E-state index in [0.717, 1.165) is 11.8 Å². The van der Waals surface area contributed by atoms with Crippen LogP contribution in [-0.2, 0) is 0 Å². The zero-order valence-electron chi connectivity index (χ0n) is 14.8. The van der Waals surface area contributed by atoms with Crippen molar-refractivity contribution < 1.29 is 0 Å². The van der Waals surface area contributed by atoms with Crippen molar-refractivity contribution in [1.82, 2.24) is 10.2 Å². The van der Waals surface area contributed by atoms with Crippen LogP contribution in [-0.4, -0.2) is 37.6 Å². The Bertz CT molecular complexity index is 258. The van der Waals surface area contributed by atoms with Crippen LogP contribution in [0.4, 0.5) is 0 Å². The highest BCUT2D eigenvalue weighted by Crippen LogP contribution is 2.39. The van der Waals surface area contributed by atoms with Crippen molar-refractivity contribution in [3.8, 4) is 0 Å². The standard InChI is InChI=1S/C18H38N2/c1-7-15(8-2)13-20(9-3)14-16-11-10-12-18(4,5)17(16)19-6/h15-17,19H,7-14H2,1-6H3. The van der Waals surface area contributed by atoms with Gasteiger partial charge in [0.25, 0.3) is 0 Å². The van der Waals surface area contributed by atoms with E-state index in [1.807, 2.05) is 0 Å². The van der Waals surface area contributed by atoms with E-state index in [9.17, 15) is 0 Å². The summed E-state index contributed by atoms with van der Waals surface area (Å²) in [5.41, 5.74) is 0.450. The highest BCUT2D eigenvalue weighted by Gasteiger charge is 2.38. The molecule has 20 heavy (non-hydrogen) atoms. The SMILES string of the molecule is CCC(CC)CN(CC)CC1CCCC(C)(C)C1NC. The zero-order chi connectivity index (χ0) is 15.2. The number of hydrogen-bond acceptors (Lipinski definition) is 2. The van der Waals surface area contributed by atoms with Crippen molar-refractivity contribution in [2.75, 3.05) is 26.7 Å². The number of rotatable bonds is 8. The summed E-state index contributed by atoms with van der Waals surface area (Å²) in [7, 11) is 2.15. The molecule has 1 saturated carbocycles. The summed E-state index contributed by atoms with van der Waals surface area (Å²) in [5, 5.41) is 3.63. The normalized spacial score (nSPS) is 26.4. The molecular weight excluding hydrogens is 244 g/mol. The van der Waals surface area contributed by atoms with Crippen LogP contribution in [0.3, 0.4) is 0 Å². The molecule has 2 heteroatoms. The Hall–Kier alpha value is -0.0800. The summed E-state index contributed by atoms with van der Waals surface area (Å²) in [4.78, 5) is 2.70. The lowest BCUT2D eigenvalue weighted by Gasteiger charge is -2.45. The van der Waals surface area contributed by atoms with Crippen molar-refractivity contribution in [2.24, 2.45) is 17.3 Å². The Morgan fingerprint density at radius 3 is 2.35 bits per heavy atom. The van der Waals surface area contributed by atoms with Crippen LogP contribution in [0.15, 0.2) is 0 Å². The molecule has 0 radical (unpaired) electrons. The summed E-state index contributed by atoms with van der Waals surface area (Å²) < 4.78 is 0. The predicted octanol–water partition coefficient (Wildman–Crippen LogP) is 4.16. The first kappa shape index (κ1) is 18.0. The molecule has 0 aromatic rings. The Morgan fingerprint density at radius 1 is 1.20 bits per heavy atom. The predicted molar refractivity (Wildman–Crippen MR) is 90.2 cm³/mol. The molecule has 1 aliphatic carbocycles. The maximum atomic E-state index is 3.63. The molecule has 2 unspecified atom stereocenters. The van der Waals surface area contributed by atoms with Crippen molar-refractivity contribution in [3.63, 3.8) is 0 Å². The Labute approximate surface area is 127 Å². The minimum absolute atomic E-state index is 0.450. The largest absolute Gasteiger partial charge is 0.316 e. The first-order valence-corrected chi connectivity index (χ1v) is 8.88. The lowest BCUT2D eigenvalue weighted by atomic mass is 9.68. The maximum absolute atomic E-state index is 3.63. The molecule has 0 aromatic heterocycles. The van der Waals surface area contributed by atoms with Crippen LogP contribution in [0.1, 0.15) is 66.7 Å². The second kappa shape index (κ2) is 8.38. The van der Waals surface area contributed by atoms with Gasteiger partial charge in [-0.3, -0.25) is 0 Å². The van der Waals surface area contributed by atoms with E-state index >= 15 is 0 Å². The molecule has 0 spiro atoms. The summed E-state index contributed by atoms with van der Waals surface area (Å²) in [6.45, 7) is 15.6. The van der Waals surface area contributed by atoms with Crippen LogP contribution in [0.2, 0.25) is 0 Å². The van der Waals surface area contributed by atoms with Crippen molar-refractivity contribution in [1.29, 1.82) is 0 Å². The first-order chi connectivity index (χ1) is 9.48. The fraction of sp³-hybridized carbons (Fsp3) is 1.00. The van der Waals surface area contributed by atoms with Gasteiger partial charge in [-0.15, -0.1) is 0 Å². The van der Waals surface area contributed by atoms with Gasteiger partial charge in [-0.05, 0) is 43.7 Å². The van der Waals surface area contributed by atoms with E-state index in [1.165, 1.54) is 51.7 Å². The topological polar surface area (TPSA) is 15.3 Å². The monoisotopic (exact) mass is 282 g/mol. The van der Waals surface area contributed by atoms with Crippen LogP contribution in [0.5, 0.6) is 0 Å². The quantitative estimate of drug-likeness (QED) is 0.719. The number of hydrogen-bond donors (Lipinski definition) is 1. The molecule has 0 heterocycles. The summed E-state index contributed by atoms with van der Waals surface area (Å²) in [5.74, 6) is 1.69. The minimum Gasteiger partial charge on any atom is -0.316 e. The van der Waals surface area contributed by atoms with Crippen molar-refractivity contribution in [2.45, 2.75) is 72.8 Å². The van der Waals surface area contributed by atoms with Gasteiger partial charge in [0.05, 0.1) is 0 Å². The van der Waals surface area contributed by atoms with Crippen LogP contribution in [0, 0.1) is 17.3 Å². The number of nitrogens with zero attached hydrogens (tertiary/aromatic N) is 1. The lowest BCUT2D eigenvalue weighted by Crippen LogP contribution is -2.52. The molecule has 0 amide bonds. The van der Waals surface area contributed by atoms with E-state index in [2.05, 4.69) is 51.9 Å². The fourth-order valence-corrected chi connectivity index (χ4v) is 4.18. The van der Waals surface area contributed by atoms with Gasteiger partial charge >= 0.3 is 0 Å². The van der Waals surface area contributed by atoms with Gasteiger partial charge in [0.1, 0.15) is 0 Å². The summed E-state index contributed by atoms with van der Waals surface area (Å²) in [6, 6.07) is 0.673. The van der Waals surface area contributed by atoms with Gasteiger partial charge < -0.3 is 10.2 Å². The Balaban J connectivity index is 2.63. The highest BCUT2D eigenvalue weighted by atomic mass is 15.1. The second-order valence-electron chi connectivity index (χ2n) is 7.44. The molecule has 0 saturated heterocycles. The number of nitrogens with one attached hydrogen (secondary N) is 1. The van der Waals surface area contributed by atoms with Gasteiger partial charge in [0.2, 0.25) is 0 Å². The van der Waals surface area contributed by atoms with E-state index in [4.69, 9.17) is 0 Å². The molecule has 2 atom stereocenters. The van der Waals surface area contributed by atoms with E-state index in [-0.39, 0.29) is 0 Å². The van der Waals surface area contributed by atoms with E-state index in [0.29, 0.717) is 11.5 Å². The third kappa shape index (κ3) is 4.73. The third-order valence-electron chi connectivity index (χ3n) is 5.63. The molecule has 120 valence electrons. The highest BCUT2D eigenvalue weighted by molar-refractivity contribution is 4.93. The van der Waals surface area contributed by atoms with E-state index in [1.54, 1.807) is 0 Å². The van der Waals surface area contributed by atoms with Gasteiger partial charge in [-0.2, -0.15) is 0 Å². The molecule has 0 bridgehead atoms. The average Bonchev–Trinajstić information content (AvgIpc) is 2.42. The third-order valence-corrected chi connectivity index (χ3v) is 5.63. The minimum atomic E-state index is 0.450. The molecule has 1 aliphatic rings. The Kier molecular flexibility index (Phi) is 7.53. The summed E-state index contributed by atoms with van der Waals surface area (Å²) >= 11 is 0. The molecule has 0 aliphatic heterocycles. The van der Waals surface area contributed by atoms with Crippen molar-refractivity contribution >= 4 is 0 Å². The van der Waals surface area contributed by atoms with Gasteiger partial charge in [0.15, 0.2) is 0 Å². The van der Waals surface area contributed by atoms with Crippen LogP contribution < -0.4 is 5.32 Å². The van der Waals surface area contributed by atoms with Gasteiger partial charge in [-0.1, -0.05) is 53.9 Å². The molecule has 0 aromatic carbocycles. The van der Waals surface area contributed by atoms with E-state index < -0.39 is 0 Å². The van der Waals surface area contributed by atoms with Crippen LogP contribution >= 0.6 is 0 Å².